The summed E-state index contributed by atoms with van der Waals surface area (Å²) in [5.41, 5.74) is 2.25. The van der Waals surface area contributed by atoms with Crippen molar-refractivity contribution >= 4 is 51.7 Å². The van der Waals surface area contributed by atoms with Gasteiger partial charge in [0.2, 0.25) is 0 Å². The van der Waals surface area contributed by atoms with Gasteiger partial charge in [-0.15, -0.1) is 0 Å². The summed E-state index contributed by atoms with van der Waals surface area (Å²) < 4.78 is 5.35. The largest absolute Gasteiger partial charge is 0.378 e. The van der Waals surface area contributed by atoms with E-state index in [0.717, 1.165) is 37.7 Å². The van der Waals surface area contributed by atoms with Crippen LogP contribution in [-0.2, 0) is 4.74 Å². The van der Waals surface area contributed by atoms with E-state index in [9.17, 15) is 10.1 Å². The quantitative estimate of drug-likeness (QED) is 0.464. The SMILES string of the molecule is O=[N+]([O-])c1ccc(Cl)c(NC(=S)Nc2ccc(N3CCOCC3)cc2)c1. The van der Waals surface area contributed by atoms with E-state index in [1.165, 1.54) is 18.2 Å². The molecule has 1 saturated heterocycles. The second-order valence-corrected chi connectivity index (χ2v) is 6.46. The number of nitro groups is 1. The highest BCUT2D eigenvalue weighted by atomic mass is 35.5. The van der Waals surface area contributed by atoms with E-state index in [4.69, 9.17) is 28.6 Å². The average Bonchev–Trinajstić information content (AvgIpc) is 2.64. The lowest BCUT2D eigenvalue weighted by Gasteiger charge is -2.29. The van der Waals surface area contributed by atoms with Gasteiger partial charge < -0.3 is 20.3 Å². The highest BCUT2D eigenvalue weighted by molar-refractivity contribution is 7.80. The van der Waals surface area contributed by atoms with Crippen LogP contribution in [0, 0.1) is 10.1 Å². The molecule has 1 aliphatic rings. The molecule has 0 amide bonds. The molecule has 0 radical (unpaired) electrons. The lowest BCUT2D eigenvalue weighted by molar-refractivity contribution is -0.384. The van der Waals surface area contributed by atoms with E-state index in [1.54, 1.807) is 0 Å². The number of ether oxygens (including phenoxy) is 1. The van der Waals surface area contributed by atoms with Crippen LogP contribution < -0.4 is 15.5 Å². The first-order valence-electron chi connectivity index (χ1n) is 7.97. The first kappa shape index (κ1) is 18.4. The molecule has 0 aromatic heterocycles. The molecule has 0 aliphatic carbocycles. The Morgan fingerprint density at radius 3 is 2.50 bits per heavy atom. The number of anilines is 3. The average molecular weight is 393 g/mol. The van der Waals surface area contributed by atoms with Crippen molar-refractivity contribution in [1.29, 1.82) is 0 Å². The van der Waals surface area contributed by atoms with Gasteiger partial charge in [0.15, 0.2) is 5.11 Å². The van der Waals surface area contributed by atoms with Gasteiger partial charge in [0.25, 0.3) is 5.69 Å². The maximum absolute atomic E-state index is 10.9. The van der Waals surface area contributed by atoms with Gasteiger partial charge >= 0.3 is 0 Å². The van der Waals surface area contributed by atoms with Gasteiger partial charge in [0, 0.05) is 36.6 Å². The fraction of sp³-hybridized carbons (Fsp3) is 0.235. The highest BCUT2D eigenvalue weighted by Gasteiger charge is 2.12. The van der Waals surface area contributed by atoms with Gasteiger partial charge in [0.1, 0.15) is 0 Å². The van der Waals surface area contributed by atoms with Crippen molar-refractivity contribution in [1.82, 2.24) is 0 Å². The van der Waals surface area contributed by atoms with Crippen molar-refractivity contribution < 1.29 is 9.66 Å². The molecule has 2 aromatic rings. The third kappa shape index (κ3) is 4.60. The zero-order valence-corrected chi connectivity index (χ0v) is 15.3. The molecular weight excluding hydrogens is 376 g/mol. The molecule has 7 nitrogen and oxygen atoms in total. The van der Waals surface area contributed by atoms with Crippen molar-refractivity contribution in [2.24, 2.45) is 0 Å². The summed E-state index contributed by atoms with van der Waals surface area (Å²) in [6, 6.07) is 12.0. The molecule has 0 saturated carbocycles. The van der Waals surface area contributed by atoms with Gasteiger partial charge in [-0.2, -0.15) is 0 Å². The van der Waals surface area contributed by atoms with Crippen molar-refractivity contribution in [3.8, 4) is 0 Å². The van der Waals surface area contributed by atoms with E-state index in [-0.39, 0.29) is 5.69 Å². The summed E-state index contributed by atoms with van der Waals surface area (Å²) in [5, 5.41) is 17.5. The van der Waals surface area contributed by atoms with Crippen LogP contribution in [0.2, 0.25) is 5.02 Å². The third-order valence-corrected chi connectivity index (χ3v) is 4.44. The predicted molar refractivity (Wildman–Crippen MR) is 107 cm³/mol. The van der Waals surface area contributed by atoms with Crippen molar-refractivity contribution in [3.63, 3.8) is 0 Å². The predicted octanol–water partition coefficient (Wildman–Crippen LogP) is 3.89. The number of nitro benzene ring substituents is 1. The van der Waals surface area contributed by atoms with Crippen LogP contribution in [-0.4, -0.2) is 36.3 Å². The third-order valence-electron chi connectivity index (χ3n) is 3.91. The van der Waals surface area contributed by atoms with Gasteiger partial charge in [-0.25, -0.2) is 0 Å². The number of halogens is 1. The van der Waals surface area contributed by atoms with Crippen molar-refractivity contribution in [3.05, 3.63) is 57.6 Å². The molecule has 136 valence electrons. The Morgan fingerprint density at radius 1 is 1.15 bits per heavy atom. The number of hydrogen-bond donors (Lipinski definition) is 2. The molecule has 26 heavy (non-hydrogen) atoms. The minimum absolute atomic E-state index is 0.0606. The monoisotopic (exact) mass is 392 g/mol. The number of non-ortho nitro benzene ring substituents is 1. The van der Waals surface area contributed by atoms with Crippen molar-refractivity contribution in [2.45, 2.75) is 0 Å². The number of rotatable bonds is 4. The van der Waals surface area contributed by atoms with Crippen LogP contribution in [0.25, 0.3) is 0 Å². The maximum atomic E-state index is 10.9. The molecule has 1 fully saturated rings. The van der Waals surface area contributed by atoms with Crippen LogP contribution >= 0.6 is 23.8 Å². The number of hydrogen-bond acceptors (Lipinski definition) is 5. The van der Waals surface area contributed by atoms with Crippen LogP contribution in [0.4, 0.5) is 22.7 Å². The number of nitrogens with zero attached hydrogens (tertiary/aromatic N) is 2. The number of morpholine rings is 1. The minimum Gasteiger partial charge on any atom is -0.378 e. The fourth-order valence-electron chi connectivity index (χ4n) is 2.58. The van der Waals surface area contributed by atoms with Crippen LogP contribution in [0.3, 0.4) is 0 Å². The molecule has 2 N–H and O–H groups in total. The van der Waals surface area contributed by atoms with Crippen LogP contribution in [0.5, 0.6) is 0 Å². The van der Waals surface area contributed by atoms with E-state index >= 15 is 0 Å². The fourth-order valence-corrected chi connectivity index (χ4v) is 2.98. The normalized spacial score (nSPS) is 14.0. The topological polar surface area (TPSA) is 79.7 Å². The molecule has 1 aliphatic heterocycles. The summed E-state index contributed by atoms with van der Waals surface area (Å²) in [4.78, 5) is 12.7. The molecule has 1 heterocycles. The second kappa shape index (κ2) is 8.31. The maximum Gasteiger partial charge on any atom is 0.271 e. The number of nitrogens with one attached hydrogen (secondary N) is 2. The van der Waals surface area contributed by atoms with E-state index in [0.29, 0.717) is 15.8 Å². The zero-order chi connectivity index (χ0) is 18.5. The Bertz CT molecular complexity index is 810. The smallest absolute Gasteiger partial charge is 0.271 e. The number of thiocarbonyl (C=S) groups is 1. The summed E-state index contributed by atoms with van der Waals surface area (Å²) >= 11 is 11.3. The Balaban J connectivity index is 1.63. The van der Waals surface area contributed by atoms with E-state index in [1.807, 2.05) is 24.3 Å². The Hall–Kier alpha value is -2.42. The molecule has 3 rings (SSSR count). The van der Waals surface area contributed by atoms with Crippen molar-refractivity contribution in [2.75, 3.05) is 41.8 Å². The van der Waals surface area contributed by atoms with E-state index < -0.39 is 4.92 Å². The van der Waals surface area contributed by atoms with Gasteiger partial charge in [-0.3, -0.25) is 10.1 Å². The summed E-state index contributed by atoms with van der Waals surface area (Å²) in [5.74, 6) is 0. The molecule has 2 aromatic carbocycles. The Labute approximate surface area is 161 Å². The summed E-state index contributed by atoms with van der Waals surface area (Å²) in [6.45, 7) is 3.21. The molecule has 0 spiro atoms. The lowest BCUT2D eigenvalue weighted by atomic mass is 10.2. The molecular formula is C17H17ClN4O3S. The summed E-state index contributed by atoms with van der Waals surface area (Å²) in [7, 11) is 0. The van der Waals surface area contributed by atoms with Gasteiger partial charge in [-0.1, -0.05) is 11.6 Å². The second-order valence-electron chi connectivity index (χ2n) is 5.65. The first-order valence-corrected chi connectivity index (χ1v) is 8.76. The van der Waals surface area contributed by atoms with Crippen LogP contribution in [0.1, 0.15) is 0 Å². The molecule has 0 unspecified atom stereocenters. The van der Waals surface area contributed by atoms with Gasteiger partial charge in [-0.05, 0) is 42.5 Å². The molecule has 0 bridgehead atoms. The Kier molecular flexibility index (Phi) is 5.87. The standard InChI is InChI=1S/C17H17ClN4O3S/c18-15-6-5-14(22(23)24)11-16(15)20-17(26)19-12-1-3-13(4-2-12)21-7-9-25-10-8-21/h1-6,11H,7-10H2,(H2,19,20,26). The lowest BCUT2D eigenvalue weighted by Crippen LogP contribution is -2.36. The summed E-state index contributed by atoms with van der Waals surface area (Å²) in [6.07, 6.45) is 0. The highest BCUT2D eigenvalue weighted by Crippen LogP contribution is 2.27. The zero-order valence-electron chi connectivity index (χ0n) is 13.8. The number of benzene rings is 2. The molecule has 9 heteroatoms. The first-order chi connectivity index (χ1) is 12.5. The molecule has 0 atom stereocenters. The van der Waals surface area contributed by atoms with Gasteiger partial charge in [0.05, 0.1) is 28.8 Å². The minimum atomic E-state index is -0.484. The Morgan fingerprint density at radius 2 is 1.85 bits per heavy atom. The van der Waals surface area contributed by atoms with E-state index in [2.05, 4.69) is 15.5 Å². The van der Waals surface area contributed by atoms with Crippen LogP contribution in [0.15, 0.2) is 42.5 Å².